The first-order valence-electron chi connectivity index (χ1n) is 6.12. The van der Waals surface area contributed by atoms with Crippen LogP contribution in [-0.4, -0.2) is 35.1 Å². The van der Waals surface area contributed by atoms with Gasteiger partial charge >= 0.3 is 5.97 Å². The van der Waals surface area contributed by atoms with E-state index in [1.165, 1.54) is 6.33 Å². The molecular formula is C13H17N3O2S. The maximum absolute atomic E-state index is 11.9. The van der Waals surface area contributed by atoms with E-state index in [1.54, 1.807) is 11.3 Å². The highest BCUT2D eigenvalue weighted by atomic mass is 32.1. The Kier molecular flexibility index (Phi) is 3.99. The minimum Gasteiger partial charge on any atom is -0.461 e. The Morgan fingerprint density at radius 1 is 1.37 bits per heavy atom. The molecule has 19 heavy (non-hydrogen) atoms. The van der Waals surface area contributed by atoms with Crippen molar-refractivity contribution in [2.75, 3.05) is 11.9 Å². The second-order valence-electron chi connectivity index (χ2n) is 4.60. The SMILES string of the molecule is CC(C)OC(=O)[C@@H](C)N(C)c1ncnc2ccsc12. The van der Waals surface area contributed by atoms with Gasteiger partial charge in [-0.15, -0.1) is 11.3 Å². The number of carbonyl (C=O) groups is 1. The van der Waals surface area contributed by atoms with E-state index in [1.807, 2.05) is 44.2 Å². The Bertz CT molecular complexity index is 582. The van der Waals surface area contributed by atoms with E-state index >= 15 is 0 Å². The van der Waals surface area contributed by atoms with E-state index in [-0.39, 0.29) is 18.1 Å². The molecule has 0 spiro atoms. The first kappa shape index (κ1) is 13.7. The molecule has 2 heterocycles. The molecule has 2 rings (SSSR count). The molecule has 2 aromatic heterocycles. The van der Waals surface area contributed by atoms with Gasteiger partial charge in [0, 0.05) is 7.05 Å². The number of fused-ring (bicyclic) bond motifs is 1. The highest BCUT2D eigenvalue weighted by molar-refractivity contribution is 7.17. The van der Waals surface area contributed by atoms with Gasteiger partial charge in [0.25, 0.3) is 0 Å². The second kappa shape index (κ2) is 5.52. The number of ether oxygens (including phenoxy) is 1. The van der Waals surface area contributed by atoms with Gasteiger partial charge in [0.15, 0.2) is 0 Å². The fourth-order valence-electron chi connectivity index (χ4n) is 1.70. The zero-order chi connectivity index (χ0) is 14.0. The summed E-state index contributed by atoms with van der Waals surface area (Å²) in [5, 5.41) is 1.97. The molecule has 0 saturated heterocycles. The standard InChI is InChI=1S/C13H17N3O2S/c1-8(2)18-13(17)9(3)16(4)12-11-10(5-6-19-11)14-7-15-12/h5-9H,1-4H3/t9-/m1/s1. The van der Waals surface area contributed by atoms with Crippen LogP contribution < -0.4 is 4.90 Å². The number of carbonyl (C=O) groups excluding carboxylic acids is 1. The van der Waals surface area contributed by atoms with Crippen LogP contribution in [0.1, 0.15) is 20.8 Å². The minimum atomic E-state index is -0.386. The normalized spacial score (nSPS) is 12.7. The van der Waals surface area contributed by atoms with Crippen molar-refractivity contribution in [1.29, 1.82) is 0 Å². The molecule has 0 unspecified atom stereocenters. The lowest BCUT2D eigenvalue weighted by atomic mass is 10.3. The number of anilines is 1. The fraction of sp³-hybridized carbons (Fsp3) is 0.462. The molecule has 0 N–H and O–H groups in total. The van der Waals surface area contributed by atoms with Crippen LogP contribution in [0, 0.1) is 0 Å². The molecule has 0 aliphatic heterocycles. The highest BCUT2D eigenvalue weighted by Crippen LogP contribution is 2.28. The Balaban J connectivity index is 2.26. The molecule has 0 amide bonds. The third-order valence-corrected chi connectivity index (χ3v) is 3.73. The summed E-state index contributed by atoms with van der Waals surface area (Å²) in [4.78, 5) is 22.2. The fourth-order valence-corrected chi connectivity index (χ4v) is 2.58. The Hall–Kier alpha value is -1.69. The number of rotatable bonds is 4. The molecule has 5 nitrogen and oxygen atoms in total. The van der Waals surface area contributed by atoms with Crippen LogP contribution in [0.15, 0.2) is 17.8 Å². The molecular weight excluding hydrogens is 262 g/mol. The first-order valence-corrected chi connectivity index (χ1v) is 7.00. The predicted molar refractivity (Wildman–Crippen MR) is 76.5 cm³/mol. The lowest BCUT2D eigenvalue weighted by Gasteiger charge is -2.25. The van der Waals surface area contributed by atoms with Gasteiger partial charge in [0.05, 0.1) is 16.3 Å². The summed E-state index contributed by atoms with van der Waals surface area (Å²) in [7, 11) is 1.84. The maximum Gasteiger partial charge on any atom is 0.328 e. The van der Waals surface area contributed by atoms with Crippen molar-refractivity contribution in [3.05, 3.63) is 17.8 Å². The van der Waals surface area contributed by atoms with Crippen LogP contribution in [0.25, 0.3) is 10.2 Å². The Labute approximate surface area is 116 Å². The largest absolute Gasteiger partial charge is 0.461 e. The lowest BCUT2D eigenvalue weighted by Crippen LogP contribution is -2.38. The van der Waals surface area contributed by atoms with Crippen molar-refractivity contribution < 1.29 is 9.53 Å². The quantitative estimate of drug-likeness (QED) is 0.805. The average molecular weight is 279 g/mol. The van der Waals surface area contributed by atoms with Gasteiger partial charge in [-0.1, -0.05) is 0 Å². The molecule has 0 aliphatic carbocycles. The van der Waals surface area contributed by atoms with E-state index in [2.05, 4.69) is 9.97 Å². The van der Waals surface area contributed by atoms with Crippen molar-refractivity contribution in [1.82, 2.24) is 9.97 Å². The Morgan fingerprint density at radius 2 is 2.11 bits per heavy atom. The zero-order valence-corrected chi connectivity index (χ0v) is 12.3. The molecule has 0 aromatic carbocycles. The van der Waals surface area contributed by atoms with Crippen LogP contribution in [-0.2, 0) is 9.53 Å². The minimum absolute atomic E-state index is 0.115. The summed E-state index contributed by atoms with van der Waals surface area (Å²) in [6, 6.07) is 1.55. The van der Waals surface area contributed by atoms with Crippen molar-refractivity contribution in [2.45, 2.75) is 32.9 Å². The Morgan fingerprint density at radius 3 is 2.79 bits per heavy atom. The van der Waals surface area contributed by atoms with E-state index in [0.717, 1.165) is 16.0 Å². The first-order chi connectivity index (χ1) is 9.00. The third kappa shape index (κ3) is 2.84. The van der Waals surface area contributed by atoms with Crippen LogP contribution in [0.3, 0.4) is 0 Å². The summed E-state index contributed by atoms with van der Waals surface area (Å²) in [6.45, 7) is 5.49. The number of thiophene rings is 1. The smallest absolute Gasteiger partial charge is 0.328 e. The summed E-state index contributed by atoms with van der Waals surface area (Å²) in [6.07, 6.45) is 1.40. The van der Waals surface area contributed by atoms with Gasteiger partial charge in [-0.05, 0) is 32.2 Å². The van der Waals surface area contributed by atoms with Gasteiger partial charge in [-0.2, -0.15) is 0 Å². The third-order valence-electron chi connectivity index (χ3n) is 2.83. The topological polar surface area (TPSA) is 55.3 Å². The molecule has 0 fully saturated rings. The van der Waals surface area contributed by atoms with E-state index < -0.39 is 0 Å². The summed E-state index contributed by atoms with van der Waals surface area (Å²) in [5.41, 5.74) is 0.895. The molecule has 1 atom stereocenters. The molecule has 0 saturated carbocycles. The second-order valence-corrected chi connectivity index (χ2v) is 5.52. The average Bonchev–Trinajstić information content (AvgIpc) is 2.84. The highest BCUT2D eigenvalue weighted by Gasteiger charge is 2.23. The molecule has 0 aliphatic rings. The monoisotopic (exact) mass is 279 g/mol. The van der Waals surface area contributed by atoms with Gasteiger partial charge in [0.1, 0.15) is 18.2 Å². The predicted octanol–water partition coefficient (Wildman–Crippen LogP) is 2.47. The molecule has 0 radical (unpaired) electrons. The van der Waals surface area contributed by atoms with E-state index in [0.29, 0.717) is 0 Å². The van der Waals surface area contributed by atoms with Crippen molar-refractivity contribution in [3.63, 3.8) is 0 Å². The van der Waals surface area contributed by atoms with Crippen molar-refractivity contribution in [3.8, 4) is 0 Å². The van der Waals surface area contributed by atoms with E-state index in [4.69, 9.17) is 4.74 Å². The van der Waals surface area contributed by atoms with Gasteiger partial charge in [0.2, 0.25) is 0 Å². The van der Waals surface area contributed by atoms with Crippen molar-refractivity contribution >= 4 is 33.3 Å². The summed E-state index contributed by atoms with van der Waals surface area (Å²) >= 11 is 1.57. The molecule has 0 bridgehead atoms. The van der Waals surface area contributed by atoms with Crippen LogP contribution in [0.4, 0.5) is 5.82 Å². The summed E-state index contributed by atoms with van der Waals surface area (Å²) in [5.74, 6) is 0.508. The van der Waals surface area contributed by atoms with Crippen molar-refractivity contribution in [2.24, 2.45) is 0 Å². The number of hydrogen-bond acceptors (Lipinski definition) is 6. The molecule has 2 aromatic rings. The molecule has 6 heteroatoms. The van der Waals surface area contributed by atoms with Gasteiger partial charge < -0.3 is 9.64 Å². The van der Waals surface area contributed by atoms with Gasteiger partial charge in [-0.3, -0.25) is 0 Å². The number of hydrogen-bond donors (Lipinski definition) is 0. The van der Waals surface area contributed by atoms with Crippen LogP contribution >= 0.6 is 11.3 Å². The lowest BCUT2D eigenvalue weighted by molar-refractivity contribution is -0.148. The number of nitrogens with zero attached hydrogens (tertiary/aromatic N) is 3. The molecule has 102 valence electrons. The number of aromatic nitrogens is 2. The number of esters is 1. The maximum atomic E-state index is 11.9. The summed E-state index contributed by atoms with van der Waals surface area (Å²) < 4.78 is 6.21. The zero-order valence-electron chi connectivity index (χ0n) is 11.5. The van der Waals surface area contributed by atoms with E-state index in [9.17, 15) is 4.79 Å². The number of likely N-dealkylation sites (N-methyl/N-ethyl adjacent to an activating group) is 1. The van der Waals surface area contributed by atoms with Gasteiger partial charge in [-0.25, -0.2) is 14.8 Å². The van der Waals surface area contributed by atoms with Crippen LogP contribution in [0.2, 0.25) is 0 Å². The van der Waals surface area contributed by atoms with Crippen LogP contribution in [0.5, 0.6) is 0 Å².